The van der Waals surface area contributed by atoms with Crippen molar-refractivity contribution in [1.82, 2.24) is 5.32 Å². The number of carbonyl (C=O) groups is 2. The van der Waals surface area contributed by atoms with Crippen LogP contribution in [0.25, 0.3) is 0 Å². The number of rotatable bonds is 7. The van der Waals surface area contributed by atoms with Crippen LogP contribution in [0.4, 0.5) is 0 Å². The van der Waals surface area contributed by atoms with Gasteiger partial charge in [-0.3, -0.25) is 9.59 Å². The Labute approximate surface area is 102 Å². The molecule has 0 bridgehead atoms. The second-order valence-corrected chi connectivity index (χ2v) is 4.89. The third-order valence-electron chi connectivity index (χ3n) is 3.58. The van der Waals surface area contributed by atoms with Crippen molar-refractivity contribution >= 4 is 11.9 Å². The van der Waals surface area contributed by atoms with E-state index in [0.29, 0.717) is 13.0 Å². The molecule has 5 nitrogen and oxygen atoms in total. The molecule has 98 valence electrons. The van der Waals surface area contributed by atoms with E-state index in [1.807, 2.05) is 6.92 Å². The predicted octanol–water partition coefficient (Wildman–Crippen LogP) is 0.875. The van der Waals surface area contributed by atoms with Crippen LogP contribution in [-0.4, -0.2) is 29.6 Å². The second-order valence-electron chi connectivity index (χ2n) is 4.89. The fourth-order valence-corrected chi connectivity index (χ4v) is 2.25. The summed E-state index contributed by atoms with van der Waals surface area (Å²) in [4.78, 5) is 22.8. The molecule has 0 aromatic carbocycles. The molecular weight excluding hydrogens is 220 g/mol. The van der Waals surface area contributed by atoms with Crippen molar-refractivity contribution < 1.29 is 14.7 Å². The molecule has 1 unspecified atom stereocenters. The van der Waals surface area contributed by atoms with E-state index in [2.05, 4.69) is 5.32 Å². The summed E-state index contributed by atoms with van der Waals surface area (Å²) >= 11 is 0. The summed E-state index contributed by atoms with van der Waals surface area (Å²) < 4.78 is 0. The van der Waals surface area contributed by atoms with Gasteiger partial charge in [0.05, 0.1) is 11.8 Å². The lowest BCUT2D eigenvalue weighted by atomic mass is 9.68. The molecule has 0 aromatic rings. The van der Waals surface area contributed by atoms with Gasteiger partial charge in [-0.05, 0) is 19.3 Å². The average molecular weight is 242 g/mol. The number of amides is 1. The Morgan fingerprint density at radius 2 is 2.12 bits per heavy atom. The number of hydrogen-bond donors (Lipinski definition) is 3. The van der Waals surface area contributed by atoms with Crippen LogP contribution in [0.15, 0.2) is 0 Å². The Balaban J connectivity index is 2.53. The van der Waals surface area contributed by atoms with Crippen molar-refractivity contribution in [3.8, 4) is 0 Å². The molecule has 1 rings (SSSR count). The zero-order valence-electron chi connectivity index (χ0n) is 10.4. The van der Waals surface area contributed by atoms with Crippen molar-refractivity contribution in [3.63, 3.8) is 0 Å². The van der Waals surface area contributed by atoms with Crippen LogP contribution in [0.3, 0.4) is 0 Å². The van der Waals surface area contributed by atoms with E-state index in [1.54, 1.807) is 0 Å². The van der Waals surface area contributed by atoms with Gasteiger partial charge in [0.15, 0.2) is 0 Å². The summed E-state index contributed by atoms with van der Waals surface area (Å²) in [5.74, 6) is -0.940. The maximum Gasteiger partial charge on any atom is 0.305 e. The maximum atomic E-state index is 12.1. The van der Waals surface area contributed by atoms with Gasteiger partial charge in [-0.1, -0.05) is 19.8 Å². The van der Waals surface area contributed by atoms with Crippen LogP contribution in [0.1, 0.15) is 45.4 Å². The van der Waals surface area contributed by atoms with Crippen molar-refractivity contribution in [2.45, 2.75) is 51.5 Å². The highest BCUT2D eigenvalue weighted by atomic mass is 16.4. The number of hydrogen-bond acceptors (Lipinski definition) is 3. The Morgan fingerprint density at radius 3 is 2.47 bits per heavy atom. The summed E-state index contributed by atoms with van der Waals surface area (Å²) in [6.07, 6.45) is 4.21. The van der Waals surface area contributed by atoms with Gasteiger partial charge in [0.25, 0.3) is 0 Å². The largest absolute Gasteiger partial charge is 0.481 e. The van der Waals surface area contributed by atoms with Crippen molar-refractivity contribution in [2.75, 3.05) is 6.54 Å². The highest BCUT2D eigenvalue weighted by molar-refractivity contribution is 5.84. The van der Waals surface area contributed by atoms with Crippen molar-refractivity contribution in [1.29, 1.82) is 0 Å². The van der Waals surface area contributed by atoms with Crippen molar-refractivity contribution in [2.24, 2.45) is 11.1 Å². The summed E-state index contributed by atoms with van der Waals surface area (Å²) in [6.45, 7) is 2.33. The van der Waals surface area contributed by atoms with Gasteiger partial charge in [-0.25, -0.2) is 0 Å². The van der Waals surface area contributed by atoms with Crippen LogP contribution in [0, 0.1) is 5.41 Å². The molecule has 0 saturated heterocycles. The Bertz CT molecular complexity index is 282. The highest BCUT2D eigenvalue weighted by Gasteiger charge is 2.43. The third-order valence-corrected chi connectivity index (χ3v) is 3.58. The molecular formula is C12H22N2O3. The number of nitrogens with two attached hydrogens (primary N) is 1. The number of nitrogens with one attached hydrogen (secondary N) is 1. The fourth-order valence-electron chi connectivity index (χ4n) is 2.25. The van der Waals surface area contributed by atoms with Gasteiger partial charge in [-0.2, -0.15) is 0 Å². The summed E-state index contributed by atoms with van der Waals surface area (Å²) in [5.41, 5.74) is 5.22. The molecule has 1 aliphatic carbocycles. The minimum absolute atomic E-state index is 0.0137. The molecule has 5 heteroatoms. The smallest absolute Gasteiger partial charge is 0.305 e. The molecule has 0 spiro atoms. The SMILES string of the molecule is CCCC(CC(=O)O)NC(=O)C1(CN)CCC1. The topological polar surface area (TPSA) is 92.4 Å². The molecule has 0 aromatic heterocycles. The van der Waals surface area contributed by atoms with E-state index in [1.165, 1.54) is 0 Å². The quantitative estimate of drug-likeness (QED) is 0.617. The van der Waals surface area contributed by atoms with Crippen LogP contribution in [0.2, 0.25) is 0 Å². The van der Waals surface area contributed by atoms with Crippen LogP contribution < -0.4 is 11.1 Å². The van der Waals surface area contributed by atoms with E-state index in [9.17, 15) is 9.59 Å². The first-order valence-electron chi connectivity index (χ1n) is 6.27. The first kappa shape index (κ1) is 14.0. The van der Waals surface area contributed by atoms with Gasteiger partial charge < -0.3 is 16.2 Å². The van der Waals surface area contributed by atoms with E-state index >= 15 is 0 Å². The van der Waals surface area contributed by atoms with Gasteiger partial charge in [0, 0.05) is 12.6 Å². The van der Waals surface area contributed by atoms with Crippen molar-refractivity contribution in [3.05, 3.63) is 0 Å². The zero-order valence-corrected chi connectivity index (χ0v) is 10.4. The average Bonchev–Trinajstić information content (AvgIpc) is 2.15. The van der Waals surface area contributed by atoms with E-state index in [0.717, 1.165) is 25.7 Å². The normalized spacial score (nSPS) is 19.2. The number of carboxylic acids is 1. The lowest BCUT2D eigenvalue weighted by molar-refractivity contribution is -0.139. The summed E-state index contributed by atoms with van der Waals surface area (Å²) in [7, 11) is 0. The fraction of sp³-hybridized carbons (Fsp3) is 0.833. The van der Waals surface area contributed by atoms with Gasteiger partial charge in [0.1, 0.15) is 0 Å². The number of carbonyl (C=O) groups excluding carboxylic acids is 1. The minimum Gasteiger partial charge on any atom is -0.481 e. The Kier molecular flexibility index (Phi) is 4.93. The second kappa shape index (κ2) is 6.00. The predicted molar refractivity (Wildman–Crippen MR) is 64.4 cm³/mol. The molecule has 1 saturated carbocycles. The molecule has 0 aliphatic heterocycles. The summed E-state index contributed by atoms with van der Waals surface area (Å²) in [5, 5.41) is 11.6. The molecule has 1 amide bonds. The minimum atomic E-state index is -0.876. The van der Waals surface area contributed by atoms with Crippen LogP contribution >= 0.6 is 0 Å². The van der Waals surface area contributed by atoms with E-state index < -0.39 is 11.4 Å². The van der Waals surface area contributed by atoms with Gasteiger partial charge >= 0.3 is 5.97 Å². The van der Waals surface area contributed by atoms with Gasteiger partial charge in [0.2, 0.25) is 5.91 Å². The van der Waals surface area contributed by atoms with Crippen LogP contribution in [-0.2, 0) is 9.59 Å². The molecule has 1 aliphatic rings. The first-order chi connectivity index (χ1) is 8.04. The lowest BCUT2D eigenvalue weighted by Gasteiger charge is -2.40. The molecule has 1 fully saturated rings. The molecule has 4 N–H and O–H groups in total. The molecule has 17 heavy (non-hydrogen) atoms. The van der Waals surface area contributed by atoms with E-state index in [-0.39, 0.29) is 18.4 Å². The monoisotopic (exact) mass is 242 g/mol. The van der Waals surface area contributed by atoms with Gasteiger partial charge in [-0.15, -0.1) is 0 Å². The Hall–Kier alpha value is -1.10. The maximum absolute atomic E-state index is 12.1. The highest BCUT2D eigenvalue weighted by Crippen LogP contribution is 2.40. The van der Waals surface area contributed by atoms with Crippen LogP contribution in [0.5, 0.6) is 0 Å². The summed E-state index contributed by atoms with van der Waals surface area (Å²) in [6, 6.07) is -0.269. The third kappa shape index (κ3) is 3.43. The molecule has 1 atom stereocenters. The first-order valence-corrected chi connectivity index (χ1v) is 6.27. The molecule has 0 heterocycles. The lowest BCUT2D eigenvalue weighted by Crippen LogP contribution is -2.53. The van der Waals surface area contributed by atoms with E-state index in [4.69, 9.17) is 10.8 Å². The molecule has 0 radical (unpaired) electrons. The number of aliphatic carboxylic acids is 1. The zero-order chi connectivity index (χ0) is 12.9. The standard InChI is InChI=1S/C12H22N2O3/c1-2-4-9(7-10(15)16)14-11(17)12(8-13)5-3-6-12/h9H,2-8,13H2,1H3,(H,14,17)(H,15,16). The number of carboxylic acid groups (broad SMARTS) is 1. The Morgan fingerprint density at radius 1 is 1.47 bits per heavy atom.